The van der Waals surface area contributed by atoms with E-state index in [2.05, 4.69) is 5.10 Å². The van der Waals surface area contributed by atoms with Gasteiger partial charge in [0.2, 0.25) is 5.75 Å². The quantitative estimate of drug-likeness (QED) is 0.280. The molecule has 36 heavy (non-hydrogen) atoms. The number of hydrogen-bond acceptors (Lipinski definition) is 8. The van der Waals surface area contributed by atoms with Crippen LogP contribution in [0.3, 0.4) is 0 Å². The maximum atomic E-state index is 13.4. The van der Waals surface area contributed by atoms with Crippen molar-refractivity contribution >= 4 is 28.8 Å². The number of methoxy groups -OCH3 is 1. The smallest absolute Gasteiger partial charge is 0.344 e. The molecule has 0 aliphatic heterocycles. The van der Waals surface area contributed by atoms with Crippen LogP contribution in [0, 0.1) is 10.1 Å². The predicted octanol–water partition coefficient (Wildman–Crippen LogP) is 4.10. The van der Waals surface area contributed by atoms with Crippen LogP contribution in [0.1, 0.15) is 56.3 Å². The number of nitro groups is 1. The summed E-state index contributed by atoms with van der Waals surface area (Å²) >= 11 is 0. The number of rotatable bonds is 8. The number of ether oxygens (including phenoxy) is 2. The molecule has 1 aliphatic carbocycles. The Bertz CT molecular complexity index is 1390. The van der Waals surface area contributed by atoms with Gasteiger partial charge in [-0.3, -0.25) is 14.9 Å². The van der Waals surface area contributed by atoms with E-state index in [4.69, 9.17) is 19.6 Å². The molecular formula is C25H26N4O7. The second kappa shape index (κ2) is 10.5. The molecule has 0 unspecified atom stereocenters. The normalized spacial score (nSPS) is 15.2. The first kappa shape index (κ1) is 24.8. The standard InChI is InChI=1S/C25H26N4O7/c1-15(25(31)32)36-22-20(29(33)34)12-16(13-21(22)35-2)14-26-28-23(17-8-4-3-5-9-17)27-19-11-7-6-10-18(19)24(28)30/h6-7,10-15,17H,3-5,8-9H2,1-2H3,(H,31,32)/t15-/m1/s1. The van der Waals surface area contributed by atoms with Gasteiger partial charge in [-0.15, -0.1) is 0 Å². The number of carboxylic acid groups (broad SMARTS) is 1. The second-order valence-corrected chi connectivity index (χ2v) is 8.61. The van der Waals surface area contributed by atoms with Crippen LogP contribution >= 0.6 is 0 Å². The van der Waals surface area contributed by atoms with Gasteiger partial charge in [0.25, 0.3) is 5.56 Å². The Hall–Kier alpha value is -4.28. The minimum atomic E-state index is -1.34. The monoisotopic (exact) mass is 494 g/mol. The third-order valence-corrected chi connectivity index (χ3v) is 6.19. The first-order chi connectivity index (χ1) is 17.3. The molecule has 1 saturated carbocycles. The number of nitro benzene ring substituents is 1. The molecule has 2 aromatic carbocycles. The van der Waals surface area contributed by atoms with Crippen LogP contribution < -0.4 is 15.0 Å². The highest BCUT2D eigenvalue weighted by molar-refractivity contribution is 5.84. The lowest BCUT2D eigenvalue weighted by atomic mass is 9.88. The number of nitrogens with zero attached hydrogens (tertiary/aromatic N) is 4. The van der Waals surface area contributed by atoms with Gasteiger partial charge in [-0.2, -0.15) is 9.78 Å². The van der Waals surface area contributed by atoms with Crippen molar-refractivity contribution in [3.8, 4) is 11.5 Å². The van der Waals surface area contributed by atoms with Gasteiger partial charge in [0.15, 0.2) is 11.9 Å². The zero-order valence-electron chi connectivity index (χ0n) is 19.9. The lowest BCUT2D eigenvalue weighted by Gasteiger charge is -2.22. The Morgan fingerprint density at radius 1 is 1.28 bits per heavy atom. The minimum absolute atomic E-state index is 0.0322. The first-order valence-corrected chi connectivity index (χ1v) is 11.6. The highest BCUT2D eigenvalue weighted by Crippen LogP contribution is 2.39. The van der Waals surface area contributed by atoms with Gasteiger partial charge >= 0.3 is 11.7 Å². The Kier molecular flexibility index (Phi) is 7.28. The number of carboxylic acids is 1. The zero-order valence-corrected chi connectivity index (χ0v) is 19.9. The van der Waals surface area contributed by atoms with E-state index in [0.717, 1.165) is 32.1 Å². The molecule has 1 atom stereocenters. The molecule has 1 aliphatic rings. The predicted molar refractivity (Wildman–Crippen MR) is 132 cm³/mol. The number of fused-ring (bicyclic) bond motifs is 1. The van der Waals surface area contributed by atoms with Crippen LogP contribution in [-0.4, -0.2) is 45.1 Å². The average Bonchev–Trinajstić information content (AvgIpc) is 2.88. The van der Waals surface area contributed by atoms with Gasteiger partial charge < -0.3 is 14.6 Å². The fourth-order valence-corrected chi connectivity index (χ4v) is 4.32. The van der Waals surface area contributed by atoms with Crippen LogP contribution in [0.4, 0.5) is 5.69 Å². The van der Waals surface area contributed by atoms with Crippen molar-refractivity contribution in [1.29, 1.82) is 0 Å². The molecule has 0 bridgehead atoms. The highest BCUT2D eigenvalue weighted by Gasteiger charge is 2.26. The fourth-order valence-electron chi connectivity index (χ4n) is 4.32. The van der Waals surface area contributed by atoms with Gasteiger partial charge in [-0.25, -0.2) is 9.78 Å². The van der Waals surface area contributed by atoms with Crippen molar-refractivity contribution in [2.24, 2.45) is 5.10 Å². The van der Waals surface area contributed by atoms with Gasteiger partial charge in [0.05, 0.1) is 29.2 Å². The summed E-state index contributed by atoms with van der Waals surface area (Å²) in [7, 11) is 1.29. The molecule has 0 amide bonds. The lowest BCUT2D eigenvalue weighted by Crippen LogP contribution is -2.25. The van der Waals surface area contributed by atoms with Gasteiger partial charge in [0, 0.05) is 17.5 Å². The first-order valence-electron chi connectivity index (χ1n) is 11.6. The molecule has 3 aromatic rings. The van der Waals surface area contributed by atoms with Gasteiger partial charge in [0.1, 0.15) is 5.82 Å². The summed E-state index contributed by atoms with van der Waals surface area (Å²) < 4.78 is 11.8. The Morgan fingerprint density at radius 2 is 2.00 bits per heavy atom. The van der Waals surface area contributed by atoms with E-state index in [-0.39, 0.29) is 28.5 Å². The maximum Gasteiger partial charge on any atom is 0.344 e. The SMILES string of the molecule is COc1cc(C=Nn2c(C3CCCCC3)nc3ccccc3c2=O)cc([N+](=O)[O-])c1O[C@H](C)C(=O)O. The summed E-state index contributed by atoms with van der Waals surface area (Å²) in [6.45, 7) is 1.26. The van der Waals surface area contributed by atoms with Gasteiger partial charge in [-0.1, -0.05) is 31.4 Å². The molecule has 4 rings (SSSR count). The van der Waals surface area contributed by atoms with Crippen LogP contribution in [0.15, 0.2) is 46.3 Å². The number of hydrogen-bond donors (Lipinski definition) is 1. The Labute approximate surface area is 206 Å². The van der Waals surface area contributed by atoms with E-state index in [1.165, 1.54) is 37.1 Å². The Balaban J connectivity index is 1.81. The summed E-state index contributed by atoms with van der Waals surface area (Å²) in [5, 5.41) is 25.7. The molecule has 0 spiro atoms. The molecular weight excluding hydrogens is 468 g/mol. The Morgan fingerprint density at radius 3 is 2.67 bits per heavy atom. The molecule has 11 nitrogen and oxygen atoms in total. The van der Waals surface area contributed by atoms with Crippen molar-refractivity contribution in [1.82, 2.24) is 9.66 Å². The lowest BCUT2D eigenvalue weighted by molar-refractivity contribution is -0.386. The van der Waals surface area contributed by atoms with Gasteiger partial charge in [-0.05, 0) is 38.0 Å². The fraction of sp³-hybridized carbons (Fsp3) is 0.360. The van der Waals surface area contributed by atoms with Crippen molar-refractivity contribution < 1.29 is 24.3 Å². The third kappa shape index (κ3) is 5.04. The van der Waals surface area contributed by atoms with Crippen LogP contribution in [0.25, 0.3) is 10.9 Å². The van der Waals surface area contributed by atoms with Crippen molar-refractivity contribution in [2.75, 3.05) is 7.11 Å². The summed E-state index contributed by atoms with van der Waals surface area (Å²) in [4.78, 5) is 40.4. The van der Waals surface area contributed by atoms with Crippen molar-refractivity contribution in [3.05, 3.63) is 68.3 Å². The third-order valence-electron chi connectivity index (χ3n) is 6.19. The van der Waals surface area contributed by atoms with E-state index in [9.17, 15) is 19.7 Å². The number of aromatic nitrogens is 2. The number of benzene rings is 2. The molecule has 1 N–H and O–H groups in total. The average molecular weight is 495 g/mol. The van der Waals surface area contributed by atoms with Crippen LogP contribution in [0.2, 0.25) is 0 Å². The molecule has 0 radical (unpaired) electrons. The van der Waals surface area contributed by atoms with E-state index >= 15 is 0 Å². The van der Waals surface area contributed by atoms with E-state index < -0.39 is 22.7 Å². The van der Waals surface area contributed by atoms with Crippen molar-refractivity contribution in [3.63, 3.8) is 0 Å². The number of aliphatic carboxylic acids is 1. The molecule has 11 heteroatoms. The molecule has 1 fully saturated rings. The van der Waals surface area contributed by atoms with E-state index in [1.807, 2.05) is 6.07 Å². The summed E-state index contributed by atoms with van der Waals surface area (Å²) in [6, 6.07) is 9.68. The summed E-state index contributed by atoms with van der Waals surface area (Å²) in [5.41, 5.74) is 0.0546. The molecule has 0 saturated heterocycles. The van der Waals surface area contributed by atoms with E-state index in [1.54, 1.807) is 18.2 Å². The summed E-state index contributed by atoms with van der Waals surface area (Å²) in [6.07, 6.45) is 4.99. The number of carbonyl (C=O) groups is 1. The largest absolute Gasteiger partial charge is 0.493 e. The molecule has 188 valence electrons. The second-order valence-electron chi connectivity index (χ2n) is 8.61. The highest BCUT2D eigenvalue weighted by atomic mass is 16.6. The molecule has 1 aromatic heterocycles. The summed E-state index contributed by atoms with van der Waals surface area (Å²) in [5.74, 6) is -0.982. The minimum Gasteiger partial charge on any atom is -0.493 e. The van der Waals surface area contributed by atoms with Crippen LogP contribution in [0.5, 0.6) is 11.5 Å². The zero-order chi connectivity index (χ0) is 25.8. The van der Waals surface area contributed by atoms with Crippen molar-refractivity contribution in [2.45, 2.75) is 51.0 Å². The number of para-hydroxylation sites is 1. The van der Waals surface area contributed by atoms with E-state index in [0.29, 0.717) is 16.7 Å². The maximum absolute atomic E-state index is 13.4. The topological polar surface area (TPSA) is 146 Å². The molecule has 1 heterocycles. The van der Waals surface area contributed by atoms with Crippen LogP contribution in [-0.2, 0) is 4.79 Å².